The molecule has 11 heteroatoms. The summed E-state index contributed by atoms with van der Waals surface area (Å²) in [6, 6.07) is 5.91. The molecular weight excluding hydrogens is 445 g/mol. The number of carbonyl (C=O) groups is 1. The molecule has 32 heavy (non-hydrogen) atoms. The van der Waals surface area contributed by atoms with Gasteiger partial charge in [0.15, 0.2) is 0 Å². The van der Waals surface area contributed by atoms with Crippen molar-refractivity contribution in [2.45, 2.75) is 57.1 Å². The van der Waals surface area contributed by atoms with Crippen LogP contribution in [-0.4, -0.2) is 41.5 Å². The standard InChI is InChI=1S/C21H27F3N4O3S/c1-14-13-18(28(26-14)20(2,3)4)25-19(29)15-9-11-27(12-10-15)32(30,31)17-8-6-5-7-16(17)21(22,23)24/h5-8,13,15H,9-12H2,1-4H3,(H,25,29). The van der Waals surface area contributed by atoms with Crippen molar-refractivity contribution in [3.63, 3.8) is 0 Å². The number of rotatable bonds is 4. The predicted octanol–water partition coefficient (Wildman–Crippen LogP) is 4.00. The molecule has 1 aromatic carbocycles. The summed E-state index contributed by atoms with van der Waals surface area (Å²) in [5, 5.41) is 7.28. The number of carbonyl (C=O) groups excluding carboxylic acids is 1. The first-order valence-corrected chi connectivity index (χ1v) is 11.7. The second-order valence-corrected chi connectivity index (χ2v) is 10.8. The highest BCUT2D eigenvalue weighted by atomic mass is 32.2. The summed E-state index contributed by atoms with van der Waals surface area (Å²) in [5.41, 5.74) is -0.787. The van der Waals surface area contributed by atoms with Crippen molar-refractivity contribution in [2.24, 2.45) is 5.92 Å². The number of alkyl halides is 3. The Hall–Kier alpha value is -2.40. The lowest BCUT2D eigenvalue weighted by Crippen LogP contribution is -2.42. The molecule has 1 saturated heterocycles. The summed E-state index contributed by atoms with van der Waals surface area (Å²) in [7, 11) is -4.34. The lowest BCUT2D eigenvalue weighted by Gasteiger charge is -2.31. The molecule has 1 fully saturated rings. The third-order valence-corrected chi connectivity index (χ3v) is 7.31. The smallest absolute Gasteiger partial charge is 0.311 e. The first kappa shape index (κ1) is 24.2. The van der Waals surface area contributed by atoms with Crippen LogP contribution in [0.15, 0.2) is 35.2 Å². The quantitative estimate of drug-likeness (QED) is 0.729. The number of anilines is 1. The molecule has 176 valence electrons. The van der Waals surface area contributed by atoms with Crippen LogP contribution in [0.2, 0.25) is 0 Å². The molecule has 0 aliphatic carbocycles. The molecule has 0 atom stereocenters. The Morgan fingerprint density at radius 2 is 1.72 bits per heavy atom. The van der Waals surface area contributed by atoms with Crippen molar-refractivity contribution >= 4 is 21.7 Å². The molecule has 1 aliphatic rings. The number of nitrogens with one attached hydrogen (secondary N) is 1. The third-order valence-electron chi connectivity index (χ3n) is 5.35. The maximum atomic E-state index is 13.3. The molecule has 0 unspecified atom stereocenters. The van der Waals surface area contributed by atoms with Crippen LogP contribution in [0.25, 0.3) is 0 Å². The maximum Gasteiger partial charge on any atom is 0.417 e. The molecule has 0 radical (unpaired) electrons. The van der Waals surface area contributed by atoms with Crippen LogP contribution in [0, 0.1) is 12.8 Å². The van der Waals surface area contributed by atoms with Gasteiger partial charge in [-0.1, -0.05) is 12.1 Å². The molecule has 2 heterocycles. The molecular formula is C21H27F3N4O3S. The van der Waals surface area contributed by atoms with E-state index in [2.05, 4.69) is 10.4 Å². The molecule has 7 nitrogen and oxygen atoms in total. The van der Waals surface area contributed by atoms with Crippen molar-refractivity contribution in [1.82, 2.24) is 14.1 Å². The van der Waals surface area contributed by atoms with Gasteiger partial charge in [-0.3, -0.25) is 4.79 Å². The number of amides is 1. The van der Waals surface area contributed by atoms with E-state index in [1.165, 1.54) is 6.07 Å². The Labute approximate surface area is 185 Å². The fraction of sp³-hybridized carbons (Fsp3) is 0.524. The zero-order valence-corrected chi connectivity index (χ0v) is 19.2. The van der Waals surface area contributed by atoms with Crippen molar-refractivity contribution in [3.05, 3.63) is 41.6 Å². The van der Waals surface area contributed by atoms with E-state index < -0.39 is 32.6 Å². The lowest BCUT2D eigenvalue weighted by molar-refractivity contribution is -0.139. The summed E-state index contributed by atoms with van der Waals surface area (Å²) < 4.78 is 68.4. The van der Waals surface area contributed by atoms with Gasteiger partial charge in [-0.2, -0.15) is 22.6 Å². The van der Waals surface area contributed by atoms with Gasteiger partial charge in [-0.15, -0.1) is 0 Å². The Morgan fingerprint density at radius 1 is 1.12 bits per heavy atom. The fourth-order valence-electron chi connectivity index (χ4n) is 3.75. The van der Waals surface area contributed by atoms with Crippen LogP contribution >= 0.6 is 0 Å². The number of nitrogens with zero attached hydrogens (tertiary/aromatic N) is 3. The fourth-order valence-corrected chi connectivity index (χ4v) is 5.43. The molecule has 1 amide bonds. The van der Waals surface area contributed by atoms with Gasteiger partial charge in [0.2, 0.25) is 15.9 Å². The molecule has 1 aromatic heterocycles. The molecule has 0 spiro atoms. The van der Waals surface area contributed by atoms with Gasteiger partial charge in [0, 0.05) is 25.1 Å². The number of halogens is 3. The highest BCUT2D eigenvalue weighted by Gasteiger charge is 2.40. The highest BCUT2D eigenvalue weighted by Crippen LogP contribution is 2.36. The van der Waals surface area contributed by atoms with Crippen molar-refractivity contribution in [2.75, 3.05) is 18.4 Å². The average Bonchev–Trinajstić information content (AvgIpc) is 3.08. The minimum Gasteiger partial charge on any atom is -0.311 e. The largest absolute Gasteiger partial charge is 0.417 e. The van der Waals surface area contributed by atoms with E-state index in [1.54, 1.807) is 10.7 Å². The average molecular weight is 473 g/mol. The van der Waals surface area contributed by atoms with Crippen LogP contribution < -0.4 is 5.32 Å². The number of hydrogen-bond donors (Lipinski definition) is 1. The van der Waals surface area contributed by atoms with Crippen LogP contribution in [0.1, 0.15) is 44.9 Å². The van der Waals surface area contributed by atoms with Gasteiger partial charge in [0.1, 0.15) is 5.82 Å². The van der Waals surface area contributed by atoms with Crippen LogP contribution in [0.3, 0.4) is 0 Å². The van der Waals surface area contributed by atoms with Gasteiger partial charge >= 0.3 is 6.18 Å². The molecule has 1 N–H and O–H groups in total. The van der Waals surface area contributed by atoms with Crippen molar-refractivity contribution in [3.8, 4) is 0 Å². The Kier molecular flexibility index (Phi) is 6.45. The van der Waals surface area contributed by atoms with E-state index in [4.69, 9.17) is 0 Å². The van der Waals surface area contributed by atoms with Gasteiger partial charge in [-0.05, 0) is 52.7 Å². The second-order valence-electron chi connectivity index (χ2n) is 8.92. The molecule has 1 aliphatic heterocycles. The Morgan fingerprint density at radius 3 is 2.28 bits per heavy atom. The third kappa shape index (κ3) is 4.98. The Bertz CT molecular complexity index is 1100. The topological polar surface area (TPSA) is 84.3 Å². The Balaban J connectivity index is 1.72. The summed E-state index contributed by atoms with van der Waals surface area (Å²) in [4.78, 5) is 12.0. The molecule has 0 saturated carbocycles. The first-order valence-electron chi connectivity index (χ1n) is 10.3. The SMILES string of the molecule is Cc1cc(NC(=O)C2CCN(S(=O)(=O)c3ccccc3C(F)(F)F)CC2)n(C(C)(C)C)n1. The van der Waals surface area contributed by atoms with Gasteiger partial charge in [0.05, 0.1) is 21.7 Å². The van der Waals surface area contributed by atoms with Gasteiger partial charge < -0.3 is 5.32 Å². The second kappa shape index (κ2) is 8.51. The minimum absolute atomic E-state index is 0.0375. The molecule has 2 aromatic rings. The van der Waals surface area contributed by atoms with Crippen molar-refractivity contribution in [1.29, 1.82) is 0 Å². The van der Waals surface area contributed by atoms with E-state index >= 15 is 0 Å². The zero-order valence-electron chi connectivity index (χ0n) is 18.4. The summed E-state index contributed by atoms with van der Waals surface area (Å²) >= 11 is 0. The number of piperidine rings is 1. The molecule has 0 bridgehead atoms. The number of sulfonamides is 1. The van der Waals surface area contributed by atoms with Crippen LogP contribution in [0.4, 0.5) is 19.0 Å². The van der Waals surface area contributed by atoms with E-state index in [-0.39, 0.29) is 37.4 Å². The maximum absolute atomic E-state index is 13.3. The number of aromatic nitrogens is 2. The highest BCUT2D eigenvalue weighted by molar-refractivity contribution is 7.89. The zero-order chi connectivity index (χ0) is 23.9. The van der Waals surface area contributed by atoms with Crippen LogP contribution in [-0.2, 0) is 26.5 Å². The van der Waals surface area contributed by atoms with E-state index in [9.17, 15) is 26.4 Å². The lowest BCUT2D eigenvalue weighted by atomic mass is 9.97. The summed E-state index contributed by atoms with van der Waals surface area (Å²) in [5.74, 6) is -0.166. The van der Waals surface area contributed by atoms with Gasteiger partial charge in [0.25, 0.3) is 0 Å². The number of aryl methyl sites for hydroxylation is 1. The van der Waals surface area contributed by atoms with Crippen LogP contribution in [0.5, 0.6) is 0 Å². The van der Waals surface area contributed by atoms with E-state index in [1.807, 2.05) is 27.7 Å². The minimum atomic E-state index is -4.78. The summed E-state index contributed by atoms with van der Waals surface area (Å²) in [6.45, 7) is 7.61. The number of hydrogen-bond acceptors (Lipinski definition) is 4. The van der Waals surface area contributed by atoms with E-state index in [0.717, 1.165) is 28.2 Å². The first-order chi connectivity index (χ1) is 14.7. The van der Waals surface area contributed by atoms with Gasteiger partial charge in [-0.25, -0.2) is 13.1 Å². The van der Waals surface area contributed by atoms with E-state index in [0.29, 0.717) is 5.82 Å². The normalized spacial score (nSPS) is 16.8. The van der Waals surface area contributed by atoms with Crippen molar-refractivity contribution < 1.29 is 26.4 Å². The summed E-state index contributed by atoms with van der Waals surface area (Å²) in [6.07, 6.45) is -4.36. The molecule has 3 rings (SSSR count). The number of benzene rings is 1. The monoisotopic (exact) mass is 472 g/mol. The predicted molar refractivity (Wildman–Crippen MR) is 114 cm³/mol.